The quantitative estimate of drug-likeness (QED) is 0.761. The van der Waals surface area contributed by atoms with Gasteiger partial charge in [0.15, 0.2) is 5.13 Å². The van der Waals surface area contributed by atoms with Crippen LogP contribution in [0.2, 0.25) is 0 Å². The second kappa shape index (κ2) is 5.50. The van der Waals surface area contributed by atoms with E-state index >= 15 is 0 Å². The Kier molecular flexibility index (Phi) is 3.55. The Bertz CT molecular complexity index is 966. The van der Waals surface area contributed by atoms with E-state index < -0.39 is 22.2 Å². The van der Waals surface area contributed by atoms with Crippen LogP contribution >= 0.6 is 11.3 Å². The third-order valence-electron chi connectivity index (χ3n) is 3.77. The van der Waals surface area contributed by atoms with Gasteiger partial charge < -0.3 is 4.74 Å². The lowest BCUT2D eigenvalue weighted by Gasteiger charge is -2.19. The lowest BCUT2D eigenvalue weighted by atomic mass is 10.1. The van der Waals surface area contributed by atoms with Crippen molar-refractivity contribution < 1.29 is 22.1 Å². The maximum atomic E-state index is 12.1. The molecule has 1 unspecified atom stereocenters. The van der Waals surface area contributed by atoms with E-state index in [1.54, 1.807) is 0 Å². The van der Waals surface area contributed by atoms with Crippen molar-refractivity contribution in [2.24, 2.45) is 4.99 Å². The zero-order valence-corrected chi connectivity index (χ0v) is 14.3. The van der Waals surface area contributed by atoms with Crippen molar-refractivity contribution in [2.45, 2.75) is 12.5 Å². The van der Waals surface area contributed by atoms with E-state index in [1.807, 2.05) is 12.1 Å². The second-order valence-electron chi connectivity index (χ2n) is 5.47. The normalized spacial score (nSPS) is 20.0. The summed E-state index contributed by atoms with van der Waals surface area (Å²) in [7, 11) is -3.60. The standard InChI is InChI=1S/C14H13N3O5S2/c1-24(19,20)22-7-8-6-15-13(18)17(8)14-16-12-9-4-5-21-10(9)2-3-11(12)23-14/h2-3,6,8H,4-5,7H2,1H3. The van der Waals surface area contributed by atoms with Crippen molar-refractivity contribution in [2.75, 3.05) is 24.4 Å². The van der Waals surface area contributed by atoms with Crippen LogP contribution in [0.4, 0.5) is 9.93 Å². The summed E-state index contributed by atoms with van der Waals surface area (Å²) in [5, 5.41) is 0.468. The monoisotopic (exact) mass is 367 g/mol. The molecule has 0 aliphatic carbocycles. The number of benzene rings is 1. The van der Waals surface area contributed by atoms with Crippen molar-refractivity contribution in [3.05, 3.63) is 17.7 Å². The first-order chi connectivity index (χ1) is 11.4. The maximum Gasteiger partial charge on any atom is 0.350 e. The molecule has 0 fully saturated rings. The summed E-state index contributed by atoms with van der Waals surface area (Å²) >= 11 is 1.35. The molecule has 0 N–H and O–H groups in total. The Hall–Kier alpha value is -2.04. The van der Waals surface area contributed by atoms with Crippen LogP contribution in [0.3, 0.4) is 0 Å². The summed E-state index contributed by atoms with van der Waals surface area (Å²) in [5.41, 5.74) is 1.85. The molecular formula is C14H13N3O5S2. The number of nitrogens with zero attached hydrogens (tertiary/aromatic N) is 3. The SMILES string of the molecule is CS(=O)(=O)OCC1C=NC(=O)N1c1nc2c3c(ccc2s1)OCC3. The van der Waals surface area contributed by atoms with Crippen LogP contribution in [0, 0.1) is 0 Å². The van der Waals surface area contributed by atoms with Gasteiger partial charge in [-0.3, -0.25) is 9.08 Å². The minimum atomic E-state index is -3.60. The zero-order valence-electron chi connectivity index (χ0n) is 12.6. The number of fused-ring (bicyclic) bond motifs is 3. The van der Waals surface area contributed by atoms with E-state index in [0.29, 0.717) is 11.7 Å². The number of anilines is 1. The van der Waals surface area contributed by atoms with Crippen molar-refractivity contribution in [3.63, 3.8) is 0 Å². The average molecular weight is 367 g/mol. The molecule has 0 saturated heterocycles. The topological polar surface area (TPSA) is 98.2 Å². The number of rotatable bonds is 4. The van der Waals surface area contributed by atoms with Gasteiger partial charge in [-0.25, -0.2) is 14.8 Å². The molecule has 2 aliphatic rings. The number of aromatic nitrogens is 1. The summed E-state index contributed by atoms with van der Waals surface area (Å²) in [5.74, 6) is 0.820. The number of amides is 2. The van der Waals surface area contributed by atoms with Crippen LogP contribution in [0.5, 0.6) is 5.75 Å². The highest BCUT2D eigenvalue weighted by Gasteiger charge is 2.33. The van der Waals surface area contributed by atoms with Crippen molar-refractivity contribution in [1.82, 2.24) is 4.98 Å². The fourth-order valence-corrected chi connectivity index (χ4v) is 4.15. The van der Waals surface area contributed by atoms with Crippen LogP contribution in [0.15, 0.2) is 17.1 Å². The molecule has 0 bridgehead atoms. The predicted molar refractivity (Wildman–Crippen MR) is 89.8 cm³/mol. The molecule has 2 amide bonds. The average Bonchev–Trinajstić information content (AvgIpc) is 3.20. The lowest BCUT2D eigenvalue weighted by Crippen LogP contribution is -2.38. The highest BCUT2D eigenvalue weighted by molar-refractivity contribution is 7.85. The Morgan fingerprint density at radius 3 is 3.08 bits per heavy atom. The fourth-order valence-electron chi connectivity index (χ4n) is 2.72. The van der Waals surface area contributed by atoms with E-state index in [9.17, 15) is 13.2 Å². The largest absolute Gasteiger partial charge is 0.493 e. The van der Waals surface area contributed by atoms with Gasteiger partial charge in [0.05, 0.1) is 29.7 Å². The molecule has 0 radical (unpaired) electrons. The molecule has 24 heavy (non-hydrogen) atoms. The van der Waals surface area contributed by atoms with Gasteiger partial charge in [-0.2, -0.15) is 8.42 Å². The number of hydrogen-bond acceptors (Lipinski definition) is 7. The number of carbonyl (C=O) groups excluding carboxylic acids is 1. The third kappa shape index (κ3) is 2.66. The maximum absolute atomic E-state index is 12.1. The smallest absolute Gasteiger partial charge is 0.350 e. The molecule has 4 rings (SSSR count). The Morgan fingerprint density at radius 1 is 1.46 bits per heavy atom. The number of carbonyl (C=O) groups is 1. The van der Waals surface area contributed by atoms with E-state index in [-0.39, 0.29) is 6.61 Å². The van der Waals surface area contributed by atoms with E-state index in [2.05, 4.69) is 9.98 Å². The van der Waals surface area contributed by atoms with Crippen molar-refractivity contribution >= 4 is 49.0 Å². The molecular weight excluding hydrogens is 354 g/mol. The molecule has 0 spiro atoms. The minimum absolute atomic E-state index is 0.189. The van der Waals surface area contributed by atoms with Crippen LogP contribution in [-0.2, 0) is 20.7 Å². The van der Waals surface area contributed by atoms with Gasteiger partial charge in [0, 0.05) is 18.2 Å². The van der Waals surface area contributed by atoms with Crippen LogP contribution in [0.1, 0.15) is 5.56 Å². The van der Waals surface area contributed by atoms with Crippen molar-refractivity contribution in [3.8, 4) is 5.75 Å². The Balaban J connectivity index is 1.69. The summed E-state index contributed by atoms with van der Waals surface area (Å²) in [6.45, 7) is 0.434. The summed E-state index contributed by atoms with van der Waals surface area (Å²) < 4.78 is 33.6. The van der Waals surface area contributed by atoms with Gasteiger partial charge in [0.25, 0.3) is 10.1 Å². The van der Waals surface area contributed by atoms with Gasteiger partial charge in [-0.1, -0.05) is 11.3 Å². The first kappa shape index (κ1) is 15.5. The van der Waals surface area contributed by atoms with Gasteiger partial charge in [-0.05, 0) is 12.1 Å². The first-order valence-electron chi connectivity index (χ1n) is 7.19. The zero-order chi connectivity index (χ0) is 16.9. The number of urea groups is 1. The van der Waals surface area contributed by atoms with E-state index in [0.717, 1.165) is 34.2 Å². The Morgan fingerprint density at radius 2 is 2.29 bits per heavy atom. The van der Waals surface area contributed by atoms with E-state index in [1.165, 1.54) is 22.5 Å². The number of thiazole rings is 1. The highest BCUT2D eigenvalue weighted by atomic mass is 32.2. The molecule has 10 heteroatoms. The molecule has 0 saturated carbocycles. The molecule has 126 valence electrons. The van der Waals surface area contributed by atoms with Gasteiger partial charge >= 0.3 is 6.03 Å². The number of aliphatic imine (C=N–C) groups is 1. The molecule has 2 aromatic rings. The van der Waals surface area contributed by atoms with Gasteiger partial charge in [0.2, 0.25) is 0 Å². The fraction of sp³-hybridized carbons (Fsp3) is 0.357. The molecule has 1 atom stereocenters. The third-order valence-corrected chi connectivity index (χ3v) is 5.36. The lowest BCUT2D eigenvalue weighted by molar-refractivity contribution is 0.252. The highest BCUT2D eigenvalue weighted by Crippen LogP contribution is 2.38. The first-order valence-corrected chi connectivity index (χ1v) is 9.83. The molecule has 3 heterocycles. The summed E-state index contributed by atoms with van der Waals surface area (Å²) in [4.78, 5) is 21.8. The molecule has 2 aliphatic heterocycles. The van der Waals surface area contributed by atoms with Crippen LogP contribution in [-0.4, -0.2) is 51.2 Å². The molecule has 1 aromatic heterocycles. The van der Waals surface area contributed by atoms with Gasteiger partial charge in [-0.15, -0.1) is 0 Å². The van der Waals surface area contributed by atoms with Crippen LogP contribution in [0.25, 0.3) is 10.2 Å². The van der Waals surface area contributed by atoms with E-state index in [4.69, 9.17) is 8.92 Å². The number of ether oxygens (including phenoxy) is 1. The second-order valence-corrected chi connectivity index (χ2v) is 8.12. The van der Waals surface area contributed by atoms with Crippen molar-refractivity contribution in [1.29, 1.82) is 0 Å². The van der Waals surface area contributed by atoms with Gasteiger partial charge in [0.1, 0.15) is 11.8 Å². The summed E-state index contributed by atoms with van der Waals surface area (Å²) in [6.07, 6.45) is 3.13. The summed E-state index contributed by atoms with van der Waals surface area (Å²) in [6, 6.07) is 2.73. The molecule has 1 aromatic carbocycles. The number of hydrogen-bond donors (Lipinski definition) is 0. The van der Waals surface area contributed by atoms with Crippen LogP contribution < -0.4 is 9.64 Å². The minimum Gasteiger partial charge on any atom is -0.493 e. The predicted octanol–water partition coefficient (Wildman–Crippen LogP) is 1.59. The Labute approximate surface area is 141 Å². The molecule has 8 nitrogen and oxygen atoms in total.